The number of hydrogen-bond acceptors (Lipinski definition) is 2. The van der Waals surface area contributed by atoms with E-state index < -0.39 is 0 Å². The number of esters is 1. The average molecular weight is 339 g/mol. The summed E-state index contributed by atoms with van der Waals surface area (Å²) in [7, 11) is 0. The van der Waals surface area contributed by atoms with Crippen LogP contribution < -0.4 is 0 Å². The van der Waals surface area contributed by atoms with Gasteiger partial charge < -0.3 is 4.74 Å². The van der Waals surface area contributed by atoms with Gasteiger partial charge in [-0.15, -0.1) is 0 Å². The Morgan fingerprint density at radius 1 is 0.750 bits per heavy atom. The van der Waals surface area contributed by atoms with Gasteiger partial charge in [0.25, 0.3) is 0 Å². The van der Waals surface area contributed by atoms with Gasteiger partial charge in [-0.05, 0) is 18.8 Å². The van der Waals surface area contributed by atoms with E-state index in [1.807, 2.05) is 0 Å². The maximum absolute atomic E-state index is 11.6. The van der Waals surface area contributed by atoms with Crippen LogP contribution in [0, 0.1) is 5.92 Å². The van der Waals surface area contributed by atoms with E-state index in [-0.39, 0.29) is 5.97 Å². The predicted molar refractivity (Wildman–Crippen MR) is 103 cm³/mol. The van der Waals surface area contributed by atoms with Gasteiger partial charge in [-0.25, -0.2) is 0 Å². The van der Waals surface area contributed by atoms with Gasteiger partial charge in [0, 0.05) is 6.42 Å². The quantitative estimate of drug-likeness (QED) is 0.195. The first-order valence-electron chi connectivity index (χ1n) is 11.0. The van der Waals surface area contributed by atoms with Gasteiger partial charge in [-0.1, -0.05) is 103 Å². The molecule has 1 aliphatic rings. The lowest BCUT2D eigenvalue weighted by Crippen LogP contribution is -2.05. The lowest BCUT2D eigenvalue weighted by atomic mass is 10.1. The Kier molecular flexibility index (Phi) is 14.3. The minimum atomic E-state index is 0.0214. The molecule has 0 spiro atoms. The molecule has 0 aromatic rings. The fourth-order valence-electron chi connectivity index (χ4n) is 3.31. The van der Waals surface area contributed by atoms with Crippen molar-refractivity contribution in [2.24, 2.45) is 5.92 Å². The van der Waals surface area contributed by atoms with E-state index in [0.717, 1.165) is 18.8 Å². The molecule has 0 aromatic carbocycles. The Balaban J connectivity index is 1.69. The molecule has 1 rings (SSSR count). The number of rotatable bonds is 18. The molecule has 2 nitrogen and oxygen atoms in total. The van der Waals surface area contributed by atoms with Crippen molar-refractivity contribution in [1.82, 2.24) is 0 Å². The predicted octanol–water partition coefficient (Wildman–Crippen LogP) is 7.20. The molecule has 0 radical (unpaired) electrons. The minimum Gasteiger partial charge on any atom is -0.466 e. The van der Waals surface area contributed by atoms with Crippen LogP contribution in [0.2, 0.25) is 0 Å². The molecule has 0 unspecified atom stereocenters. The lowest BCUT2D eigenvalue weighted by Gasteiger charge is -2.05. The summed E-state index contributed by atoms with van der Waals surface area (Å²) in [5, 5.41) is 0. The highest BCUT2D eigenvalue weighted by molar-refractivity contribution is 5.69. The molecule has 2 heteroatoms. The zero-order valence-electron chi connectivity index (χ0n) is 16.3. The highest BCUT2D eigenvalue weighted by Gasteiger charge is 2.19. The molecule has 0 atom stereocenters. The fourth-order valence-corrected chi connectivity index (χ4v) is 3.31. The van der Waals surface area contributed by atoms with Gasteiger partial charge >= 0.3 is 5.97 Å². The van der Waals surface area contributed by atoms with Crippen molar-refractivity contribution in [3.05, 3.63) is 0 Å². The number of carbonyl (C=O) groups excluding carboxylic acids is 1. The Hall–Kier alpha value is -0.530. The monoisotopic (exact) mass is 338 g/mol. The molecule has 0 bridgehead atoms. The van der Waals surface area contributed by atoms with Gasteiger partial charge in [0.05, 0.1) is 6.61 Å². The minimum absolute atomic E-state index is 0.0214. The van der Waals surface area contributed by atoms with Gasteiger partial charge in [0.1, 0.15) is 0 Å². The number of unbranched alkanes of at least 4 members (excludes halogenated alkanes) is 12. The molecule has 1 fully saturated rings. The molecule has 0 N–H and O–H groups in total. The second-order valence-corrected chi connectivity index (χ2v) is 7.80. The van der Waals surface area contributed by atoms with Crippen molar-refractivity contribution in [3.8, 4) is 0 Å². The number of ether oxygens (including phenoxy) is 1. The molecule has 1 aliphatic carbocycles. The van der Waals surface area contributed by atoms with Crippen molar-refractivity contribution < 1.29 is 9.53 Å². The third kappa shape index (κ3) is 15.0. The van der Waals surface area contributed by atoms with E-state index in [4.69, 9.17) is 4.74 Å². The van der Waals surface area contributed by atoms with Gasteiger partial charge in [-0.2, -0.15) is 0 Å². The standard InChI is InChI=1S/C22H42O2/c1-2-3-4-5-6-7-8-9-10-11-14-17-22(23)24-20-15-12-13-16-21-18-19-21/h21H,2-20H2,1H3. The fraction of sp³-hybridized carbons (Fsp3) is 0.955. The van der Waals surface area contributed by atoms with E-state index in [9.17, 15) is 4.79 Å². The molecule has 0 aliphatic heterocycles. The number of hydrogen-bond donors (Lipinski definition) is 0. The highest BCUT2D eigenvalue weighted by Crippen LogP contribution is 2.33. The Morgan fingerprint density at radius 3 is 1.88 bits per heavy atom. The van der Waals surface area contributed by atoms with E-state index in [1.54, 1.807) is 0 Å². The SMILES string of the molecule is CCCCCCCCCCCCCC(=O)OCCCCCC1CC1. The topological polar surface area (TPSA) is 26.3 Å². The van der Waals surface area contributed by atoms with E-state index in [1.165, 1.54) is 96.3 Å². The summed E-state index contributed by atoms with van der Waals surface area (Å²) in [4.78, 5) is 11.6. The summed E-state index contributed by atoms with van der Waals surface area (Å²) in [6, 6.07) is 0. The summed E-state index contributed by atoms with van der Waals surface area (Å²) < 4.78 is 5.32. The maximum Gasteiger partial charge on any atom is 0.305 e. The van der Waals surface area contributed by atoms with Crippen molar-refractivity contribution in [3.63, 3.8) is 0 Å². The first-order valence-corrected chi connectivity index (χ1v) is 11.0. The molecule has 0 heterocycles. The molecular weight excluding hydrogens is 296 g/mol. The smallest absolute Gasteiger partial charge is 0.305 e. The molecule has 0 aromatic heterocycles. The molecule has 24 heavy (non-hydrogen) atoms. The van der Waals surface area contributed by atoms with Crippen LogP contribution in [0.25, 0.3) is 0 Å². The number of carbonyl (C=O) groups is 1. The molecule has 1 saturated carbocycles. The first kappa shape index (κ1) is 21.5. The van der Waals surface area contributed by atoms with E-state index in [0.29, 0.717) is 13.0 Å². The summed E-state index contributed by atoms with van der Waals surface area (Å²) in [5.74, 6) is 1.06. The summed E-state index contributed by atoms with van der Waals surface area (Å²) in [6.07, 6.45) is 23.1. The summed E-state index contributed by atoms with van der Waals surface area (Å²) in [6.45, 7) is 2.91. The maximum atomic E-state index is 11.6. The first-order chi connectivity index (χ1) is 11.8. The third-order valence-electron chi connectivity index (χ3n) is 5.20. The molecule has 0 amide bonds. The lowest BCUT2D eigenvalue weighted by molar-refractivity contribution is -0.143. The van der Waals surface area contributed by atoms with Crippen LogP contribution in [-0.2, 0) is 9.53 Å². The van der Waals surface area contributed by atoms with Crippen LogP contribution in [0.15, 0.2) is 0 Å². The Labute approximate surface area is 151 Å². The van der Waals surface area contributed by atoms with Crippen LogP contribution in [0.3, 0.4) is 0 Å². The Bertz CT molecular complexity index is 284. The van der Waals surface area contributed by atoms with Crippen molar-refractivity contribution in [1.29, 1.82) is 0 Å². The molecular formula is C22H42O2. The van der Waals surface area contributed by atoms with Crippen LogP contribution in [-0.4, -0.2) is 12.6 Å². The zero-order valence-corrected chi connectivity index (χ0v) is 16.3. The van der Waals surface area contributed by atoms with Gasteiger partial charge in [0.15, 0.2) is 0 Å². The second kappa shape index (κ2) is 16.0. The van der Waals surface area contributed by atoms with Crippen LogP contribution in [0.5, 0.6) is 0 Å². The van der Waals surface area contributed by atoms with Crippen LogP contribution >= 0.6 is 0 Å². The normalized spacial score (nSPS) is 14.0. The molecule has 142 valence electrons. The average Bonchev–Trinajstić information content (AvgIpc) is 3.40. The summed E-state index contributed by atoms with van der Waals surface area (Å²) in [5.41, 5.74) is 0. The largest absolute Gasteiger partial charge is 0.466 e. The Morgan fingerprint density at radius 2 is 1.29 bits per heavy atom. The van der Waals surface area contributed by atoms with Crippen molar-refractivity contribution >= 4 is 5.97 Å². The summed E-state index contributed by atoms with van der Waals surface area (Å²) >= 11 is 0. The molecule has 0 saturated heterocycles. The zero-order chi connectivity index (χ0) is 17.3. The third-order valence-corrected chi connectivity index (χ3v) is 5.20. The van der Waals surface area contributed by atoms with Gasteiger partial charge in [0.2, 0.25) is 0 Å². The van der Waals surface area contributed by atoms with E-state index in [2.05, 4.69) is 6.92 Å². The van der Waals surface area contributed by atoms with Crippen LogP contribution in [0.1, 0.15) is 122 Å². The highest BCUT2D eigenvalue weighted by atomic mass is 16.5. The van der Waals surface area contributed by atoms with Crippen molar-refractivity contribution in [2.75, 3.05) is 6.61 Å². The second-order valence-electron chi connectivity index (χ2n) is 7.80. The van der Waals surface area contributed by atoms with Crippen molar-refractivity contribution in [2.45, 2.75) is 122 Å². The van der Waals surface area contributed by atoms with Gasteiger partial charge in [-0.3, -0.25) is 4.79 Å². The van der Waals surface area contributed by atoms with E-state index >= 15 is 0 Å². The van der Waals surface area contributed by atoms with Crippen LogP contribution in [0.4, 0.5) is 0 Å².